The fraction of sp³-hybridized carbons (Fsp3) is 0.174. The van der Waals surface area contributed by atoms with Gasteiger partial charge in [0, 0.05) is 18.4 Å². The third-order valence-electron chi connectivity index (χ3n) is 4.80. The molecule has 0 radical (unpaired) electrons. The third-order valence-corrected chi connectivity index (χ3v) is 4.80. The first-order valence-corrected chi connectivity index (χ1v) is 8.96. The summed E-state index contributed by atoms with van der Waals surface area (Å²) in [6.45, 7) is 5.89. The van der Waals surface area contributed by atoms with Crippen LogP contribution in [-0.2, 0) is 4.79 Å². The molecule has 1 atom stereocenters. The lowest BCUT2D eigenvalue weighted by Crippen LogP contribution is -2.46. The normalized spacial score (nSPS) is 17.1. The van der Waals surface area contributed by atoms with E-state index in [9.17, 15) is 9.90 Å². The summed E-state index contributed by atoms with van der Waals surface area (Å²) >= 11 is 0. The number of rotatable bonds is 6. The second kappa shape index (κ2) is 7.96. The number of nitrogens with one attached hydrogen (secondary N) is 1. The topological polar surface area (TPSA) is 52.6 Å². The Morgan fingerprint density at radius 3 is 2.37 bits per heavy atom. The second-order valence-corrected chi connectivity index (χ2v) is 6.47. The molecule has 4 heteroatoms. The maximum atomic E-state index is 12.2. The molecule has 0 aromatic heterocycles. The average molecular weight is 360 g/mol. The number of likely N-dealkylation sites (N-methyl/N-ethyl adjacent to an activating group) is 1. The van der Waals surface area contributed by atoms with E-state index in [1.54, 1.807) is 12.1 Å². The van der Waals surface area contributed by atoms with E-state index in [1.807, 2.05) is 73.5 Å². The molecule has 1 unspecified atom stereocenters. The lowest BCUT2D eigenvalue weighted by Gasteiger charge is -2.40. The van der Waals surface area contributed by atoms with Crippen molar-refractivity contribution < 1.29 is 9.90 Å². The van der Waals surface area contributed by atoms with E-state index in [4.69, 9.17) is 0 Å². The number of hydrogen-bond acceptors (Lipinski definition) is 3. The number of amides is 1. The molecule has 138 valence electrons. The lowest BCUT2D eigenvalue weighted by molar-refractivity contribution is -0.124. The quantitative estimate of drug-likeness (QED) is 0.586. The molecule has 0 aliphatic carbocycles. The summed E-state index contributed by atoms with van der Waals surface area (Å²) in [5.41, 5.74) is 4.92. The minimum atomic E-state index is 0.0176. The Bertz CT molecular complexity index is 893. The molecule has 4 nitrogen and oxygen atoms in total. The molecule has 1 fully saturated rings. The smallest absolute Gasteiger partial charge is 0.230 e. The zero-order valence-electron chi connectivity index (χ0n) is 15.6. The van der Waals surface area contributed by atoms with E-state index in [2.05, 4.69) is 11.9 Å². The minimum absolute atomic E-state index is 0.0176. The maximum Gasteiger partial charge on any atom is 0.230 e. The van der Waals surface area contributed by atoms with Gasteiger partial charge in [-0.2, -0.15) is 0 Å². The molecule has 2 aromatic carbocycles. The van der Waals surface area contributed by atoms with Gasteiger partial charge in [0.05, 0.1) is 12.5 Å². The highest BCUT2D eigenvalue weighted by Gasteiger charge is 2.38. The molecule has 1 heterocycles. The second-order valence-electron chi connectivity index (χ2n) is 6.47. The molecule has 1 saturated heterocycles. The molecule has 3 rings (SSSR count). The molecule has 1 aliphatic rings. The summed E-state index contributed by atoms with van der Waals surface area (Å²) in [5, 5.41) is 12.5. The van der Waals surface area contributed by atoms with Gasteiger partial charge in [0.15, 0.2) is 0 Å². The Labute approximate surface area is 160 Å². The minimum Gasteiger partial charge on any atom is -0.508 e. The van der Waals surface area contributed by atoms with E-state index in [0.29, 0.717) is 6.42 Å². The van der Waals surface area contributed by atoms with Gasteiger partial charge in [0.25, 0.3) is 0 Å². The fourth-order valence-corrected chi connectivity index (χ4v) is 3.15. The molecule has 0 spiro atoms. The Morgan fingerprint density at radius 1 is 1.15 bits per heavy atom. The Balaban J connectivity index is 1.79. The van der Waals surface area contributed by atoms with Crippen LogP contribution in [0.4, 0.5) is 5.69 Å². The highest BCUT2D eigenvalue weighted by atomic mass is 16.3. The highest BCUT2D eigenvalue weighted by molar-refractivity contribution is 6.01. The summed E-state index contributed by atoms with van der Waals surface area (Å²) in [6.07, 6.45) is 6.48. The Hall–Kier alpha value is -3.27. The van der Waals surface area contributed by atoms with Crippen molar-refractivity contribution in [2.75, 3.05) is 11.9 Å². The number of carbonyl (C=O) groups excluding carboxylic acids is 1. The van der Waals surface area contributed by atoms with E-state index in [-0.39, 0.29) is 17.7 Å². The number of benzene rings is 2. The van der Waals surface area contributed by atoms with Crippen LogP contribution < -0.4 is 10.2 Å². The van der Waals surface area contributed by atoms with Crippen molar-refractivity contribution in [2.45, 2.75) is 19.4 Å². The van der Waals surface area contributed by atoms with Crippen molar-refractivity contribution in [3.05, 3.63) is 90.2 Å². The zero-order valence-corrected chi connectivity index (χ0v) is 15.6. The van der Waals surface area contributed by atoms with Gasteiger partial charge in [-0.3, -0.25) is 4.79 Å². The first-order valence-electron chi connectivity index (χ1n) is 8.96. The van der Waals surface area contributed by atoms with Gasteiger partial charge in [-0.1, -0.05) is 43.0 Å². The summed E-state index contributed by atoms with van der Waals surface area (Å²) < 4.78 is 0. The molecule has 27 heavy (non-hydrogen) atoms. The predicted molar refractivity (Wildman–Crippen MR) is 110 cm³/mol. The first kappa shape index (κ1) is 18.5. The Kier molecular flexibility index (Phi) is 5.46. The first-order chi connectivity index (χ1) is 13.0. The van der Waals surface area contributed by atoms with E-state index < -0.39 is 0 Å². The van der Waals surface area contributed by atoms with E-state index >= 15 is 0 Å². The average Bonchev–Trinajstić information content (AvgIpc) is 2.68. The van der Waals surface area contributed by atoms with Crippen molar-refractivity contribution in [3.63, 3.8) is 0 Å². The van der Waals surface area contributed by atoms with Crippen LogP contribution in [0.2, 0.25) is 0 Å². The predicted octanol–water partition coefficient (Wildman–Crippen LogP) is 4.56. The molecule has 0 saturated carbocycles. The fourth-order valence-electron chi connectivity index (χ4n) is 3.15. The number of phenolic OH excluding ortho intramolecular Hbond substituents is 1. The number of anilines is 1. The van der Waals surface area contributed by atoms with Crippen LogP contribution in [0.5, 0.6) is 5.75 Å². The maximum absolute atomic E-state index is 12.2. The number of allylic oxidation sites excluding steroid dienone is 4. The van der Waals surface area contributed by atoms with Crippen molar-refractivity contribution >= 4 is 17.2 Å². The summed E-state index contributed by atoms with van der Waals surface area (Å²) in [4.78, 5) is 14.0. The molecular weight excluding hydrogens is 336 g/mol. The van der Waals surface area contributed by atoms with Gasteiger partial charge in [-0.25, -0.2) is 0 Å². The molecule has 2 N–H and O–H groups in total. The highest BCUT2D eigenvalue weighted by Crippen LogP contribution is 2.39. The van der Waals surface area contributed by atoms with Gasteiger partial charge in [0.2, 0.25) is 5.91 Å². The van der Waals surface area contributed by atoms with Crippen LogP contribution in [0.25, 0.3) is 5.57 Å². The van der Waals surface area contributed by atoms with E-state index in [1.165, 1.54) is 0 Å². The van der Waals surface area contributed by atoms with Gasteiger partial charge in [-0.15, -0.1) is 0 Å². The molecule has 1 amide bonds. The van der Waals surface area contributed by atoms with Crippen molar-refractivity contribution in [1.29, 1.82) is 0 Å². The monoisotopic (exact) mass is 360 g/mol. The van der Waals surface area contributed by atoms with Crippen LogP contribution in [0.15, 0.2) is 79.0 Å². The Morgan fingerprint density at radius 2 is 1.81 bits per heavy atom. The molecule has 1 aliphatic heterocycles. The van der Waals surface area contributed by atoms with Gasteiger partial charge >= 0.3 is 0 Å². The summed E-state index contributed by atoms with van der Waals surface area (Å²) in [6, 6.07) is 15.1. The number of hydrogen-bond donors (Lipinski definition) is 2. The van der Waals surface area contributed by atoms with Gasteiger partial charge in [-0.05, 0) is 54.0 Å². The number of β-lactam (4-membered cyclic amide) rings is 1. The van der Waals surface area contributed by atoms with Gasteiger partial charge in [0.1, 0.15) is 5.75 Å². The van der Waals surface area contributed by atoms with Crippen LogP contribution >= 0.6 is 0 Å². The number of phenols is 1. The van der Waals surface area contributed by atoms with Crippen LogP contribution in [0.3, 0.4) is 0 Å². The lowest BCUT2D eigenvalue weighted by atomic mass is 9.92. The molecule has 2 aromatic rings. The van der Waals surface area contributed by atoms with Crippen molar-refractivity contribution in [1.82, 2.24) is 5.32 Å². The van der Waals surface area contributed by atoms with E-state index in [0.717, 1.165) is 28.1 Å². The van der Waals surface area contributed by atoms with Crippen LogP contribution in [0, 0.1) is 0 Å². The SMILES string of the molecule is C=C(/C=C\C(=C/C)c1ccc(N2C(=O)CC2c2ccc(O)cc2)cc1)NC. The zero-order chi connectivity index (χ0) is 19.4. The summed E-state index contributed by atoms with van der Waals surface area (Å²) in [7, 11) is 1.84. The van der Waals surface area contributed by atoms with Crippen molar-refractivity contribution in [3.8, 4) is 5.75 Å². The van der Waals surface area contributed by atoms with Gasteiger partial charge < -0.3 is 15.3 Å². The summed E-state index contributed by atoms with van der Waals surface area (Å²) in [5.74, 6) is 0.338. The van der Waals surface area contributed by atoms with Crippen LogP contribution in [0.1, 0.15) is 30.5 Å². The molecular formula is C23H24N2O2. The third kappa shape index (κ3) is 3.95. The largest absolute Gasteiger partial charge is 0.508 e. The van der Waals surface area contributed by atoms with Crippen molar-refractivity contribution in [2.24, 2.45) is 0 Å². The molecule has 0 bridgehead atoms. The number of nitrogens with zero attached hydrogens (tertiary/aromatic N) is 1. The number of aromatic hydroxyl groups is 1. The van der Waals surface area contributed by atoms with Crippen LogP contribution in [-0.4, -0.2) is 18.1 Å². The standard InChI is InChI=1S/C23H24N2O2/c1-4-17(6-5-16(2)24-3)18-7-11-20(12-8-18)25-22(15-23(25)27)19-9-13-21(26)14-10-19/h4-14,22,24,26H,2,15H2,1,3H3/b6-5-,17-4+. The number of carbonyl (C=O) groups is 1.